The maximum Gasteiger partial charge on any atom is 0.330 e. The first-order valence-corrected chi connectivity index (χ1v) is 6.99. The number of hydrogen-bond acceptors (Lipinski definition) is 4. The fourth-order valence-corrected chi connectivity index (χ4v) is 3.94. The average molecular weight is 264 g/mol. The monoisotopic (exact) mass is 264 g/mol. The largest absolute Gasteiger partial charge is 0.360 e. The number of aryl methyl sites for hydroxylation is 1. The minimum absolute atomic E-state index is 0.0671. The molecule has 2 aliphatic rings. The molecule has 2 bridgehead atoms. The Hall–Kier alpha value is -1.59. The lowest BCUT2D eigenvalue weighted by atomic mass is 9.84. The van der Waals surface area contributed by atoms with Crippen LogP contribution in [0.5, 0.6) is 0 Å². The standard InChI is InChI=1S/C13H20N4O2/c1-8(11-6-9-3-4-10(11)5-9)14-13-12(17(18)19)7-16(2)15-13/h7-11H,3-6H2,1-2H3,(H,14,15). The molecule has 6 heteroatoms. The minimum atomic E-state index is -0.372. The summed E-state index contributed by atoms with van der Waals surface area (Å²) in [6.07, 6.45) is 6.76. The van der Waals surface area contributed by atoms with Gasteiger partial charge in [0.25, 0.3) is 0 Å². The van der Waals surface area contributed by atoms with Gasteiger partial charge in [0.05, 0.1) is 4.92 Å². The summed E-state index contributed by atoms with van der Waals surface area (Å²) in [5, 5.41) is 18.4. The highest BCUT2D eigenvalue weighted by molar-refractivity contribution is 5.55. The Morgan fingerprint density at radius 1 is 1.53 bits per heavy atom. The van der Waals surface area contributed by atoms with E-state index in [0.29, 0.717) is 11.7 Å². The molecule has 1 heterocycles. The van der Waals surface area contributed by atoms with Crippen molar-refractivity contribution in [1.29, 1.82) is 0 Å². The van der Waals surface area contributed by atoms with Crippen LogP contribution in [-0.4, -0.2) is 20.7 Å². The van der Waals surface area contributed by atoms with Crippen molar-refractivity contribution in [3.63, 3.8) is 0 Å². The van der Waals surface area contributed by atoms with Crippen molar-refractivity contribution in [2.24, 2.45) is 24.8 Å². The topological polar surface area (TPSA) is 73.0 Å². The molecule has 3 rings (SSSR count). The highest BCUT2D eigenvalue weighted by Gasteiger charge is 2.42. The SMILES string of the molecule is CC(Nc1nn(C)cc1[N+](=O)[O-])C1CC2CCC1C2. The molecule has 0 aliphatic heterocycles. The van der Waals surface area contributed by atoms with Crippen molar-refractivity contribution in [3.8, 4) is 0 Å². The quantitative estimate of drug-likeness (QED) is 0.670. The Morgan fingerprint density at radius 2 is 2.32 bits per heavy atom. The molecule has 1 N–H and O–H groups in total. The van der Waals surface area contributed by atoms with Crippen LogP contribution in [0.2, 0.25) is 0 Å². The molecule has 4 atom stereocenters. The highest BCUT2D eigenvalue weighted by Crippen LogP contribution is 2.50. The maximum absolute atomic E-state index is 11.0. The van der Waals surface area contributed by atoms with Gasteiger partial charge in [-0.2, -0.15) is 0 Å². The second kappa shape index (κ2) is 4.51. The summed E-state index contributed by atoms with van der Waals surface area (Å²) in [6, 6.07) is 0.254. The Balaban J connectivity index is 1.72. The molecule has 4 unspecified atom stereocenters. The molecular formula is C13H20N4O2. The van der Waals surface area contributed by atoms with E-state index >= 15 is 0 Å². The van der Waals surface area contributed by atoms with Crippen molar-refractivity contribution in [2.75, 3.05) is 5.32 Å². The van der Waals surface area contributed by atoms with Crippen molar-refractivity contribution < 1.29 is 4.92 Å². The van der Waals surface area contributed by atoms with Crippen molar-refractivity contribution >= 4 is 11.5 Å². The molecule has 2 fully saturated rings. The predicted octanol–water partition coefficient (Wildman–Crippen LogP) is 2.56. The number of aromatic nitrogens is 2. The number of anilines is 1. The smallest absolute Gasteiger partial charge is 0.330 e. The molecule has 0 saturated heterocycles. The first kappa shape index (κ1) is 12.4. The molecule has 2 saturated carbocycles. The third-order valence-corrected chi connectivity index (χ3v) is 4.81. The molecular weight excluding hydrogens is 244 g/mol. The lowest BCUT2D eigenvalue weighted by molar-refractivity contribution is -0.384. The Kier molecular flexibility index (Phi) is 2.95. The molecule has 0 aromatic carbocycles. The van der Waals surface area contributed by atoms with Gasteiger partial charge in [-0.15, -0.1) is 5.10 Å². The summed E-state index contributed by atoms with van der Waals surface area (Å²) in [5.74, 6) is 2.73. The van der Waals surface area contributed by atoms with Crippen LogP contribution in [-0.2, 0) is 7.05 Å². The molecule has 0 spiro atoms. The van der Waals surface area contributed by atoms with Crippen LogP contribution in [0.4, 0.5) is 11.5 Å². The van der Waals surface area contributed by atoms with Crippen LogP contribution in [0.3, 0.4) is 0 Å². The second-order valence-electron chi connectivity index (χ2n) is 6.07. The highest BCUT2D eigenvalue weighted by atomic mass is 16.6. The van der Waals surface area contributed by atoms with E-state index in [1.807, 2.05) is 0 Å². The van der Waals surface area contributed by atoms with E-state index in [2.05, 4.69) is 17.3 Å². The molecule has 1 aromatic heterocycles. The van der Waals surface area contributed by atoms with E-state index in [0.717, 1.165) is 11.8 Å². The third-order valence-electron chi connectivity index (χ3n) is 4.81. The van der Waals surface area contributed by atoms with Gasteiger partial charge >= 0.3 is 5.69 Å². The van der Waals surface area contributed by atoms with Gasteiger partial charge in [-0.05, 0) is 43.9 Å². The van der Waals surface area contributed by atoms with Crippen molar-refractivity contribution in [2.45, 2.75) is 38.6 Å². The van der Waals surface area contributed by atoms with E-state index in [-0.39, 0.29) is 16.7 Å². The van der Waals surface area contributed by atoms with E-state index in [4.69, 9.17) is 0 Å². The number of hydrogen-bond donors (Lipinski definition) is 1. The summed E-state index contributed by atoms with van der Waals surface area (Å²) in [6.45, 7) is 2.13. The Bertz CT molecular complexity index is 499. The minimum Gasteiger partial charge on any atom is -0.360 e. The zero-order valence-electron chi connectivity index (χ0n) is 11.4. The molecule has 0 amide bonds. The van der Waals surface area contributed by atoms with Gasteiger partial charge in [-0.25, -0.2) is 0 Å². The van der Waals surface area contributed by atoms with Crippen LogP contribution in [0.15, 0.2) is 6.20 Å². The second-order valence-corrected chi connectivity index (χ2v) is 6.07. The van der Waals surface area contributed by atoms with Gasteiger partial charge in [0.2, 0.25) is 5.82 Å². The normalized spacial score (nSPS) is 30.5. The molecule has 19 heavy (non-hydrogen) atoms. The number of rotatable bonds is 4. The average Bonchev–Trinajstić information content (AvgIpc) is 3.03. The van der Waals surface area contributed by atoms with Gasteiger partial charge < -0.3 is 5.32 Å². The fourth-order valence-electron chi connectivity index (χ4n) is 3.94. The zero-order valence-corrected chi connectivity index (χ0v) is 11.4. The Morgan fingerprint density at radius 3 is 2.89 bits per heavy atom. The summed E-state index contributed by atoms with van der Waals surface area (Å²) >= 11 is 0. The van der Waals surface area contributed by atoms with Crippen molar-refractivity contribution in [3.05, 3.63) is 16.3 Å². The first-order valence-electron chi connectivity index (χ1n) is 6.99. The molecule has 2 aliphatic carbocycles. The van der Waals surface area contributed by atoms with E-state index in [9.17, 15) is 10.1 Å². The fraction of sp³-hybridized carbons (Fsp3) is 0.769. The van der Waals surface area contributed by atoms with Crippen molar-refractivity contribution in [1.82, 2.24) is 9.78 Å². The molecule has 1 aromatic rings. The van der Waals surface area contributed by atoms with Crippen LogP contribution < -0.4 is 5.32 Å². The molecule has 6 nitrogen and oxygen atoms in total. The van der Waals surface area contributed by atoms with Crippen LogP contribution in [0, 0.1) is 27.9 Å². The summed E-state index contributed by atoms with van der Waals surface area (Å²) in [5.41, 5.74) is 0.0671. The van der Waals surface area contributed by atoms with Gasteiger partial charge in [0.15, 0.2) is 0 Å². The lowest BCUT2D eigenvalue weighted by Crippen LogP contribution is -2.30. The molecule has 0 radical (unpaired) electrons. The number of nitro groups is 1. The zero-order chi connectivity index (χ0) is 13.6. The van der Waals surface area contributed by atoms with Gasteiger partial charge in [-0.3, -0.25) is 14.8 Å². The first-order chi connectivity index (χ1) is 9.04. The summed E-state index contributed by atoms with van der Waals surface area (Å²) in [7, 11) is 1.71. The van der Waals surface area contributed by atoms with Gasteiger partial charge in [0.1, 0.15) is 6.20 Å². The third kappa shape index (κ3) is 2.19. The summed E-state index contributed by atoms with van der Waals surface area (Å²) in [4.78, 5) is 10.6. The number of nitrogens with one attached hydrogen (secondary N) is 1. The number of fused-ring (bicyclic) bond motifs is 2. The van der Waals surface area contributed by atoms with E-state index < -0.39 is 0 Å². The van der Waals surface area contributed by atoms with E-state index in [1.54, 1.807) is 7.05 Å². The summed E-state index contributed by atoms with van der Waals surface area (Å²) < 4.78 is 1.49. The number of nitrogens with zero attached hydrogens (tertiary/aromatic N) is 3. The van der Waals surface area contributed by atoms with Crippen LogP contribution in [0.25, 0.3) is 0 Å². The van der Waals surface area contributed by atoms with Crippen LogP contribution >= 0.6 is 0 Å². The van der Waals surface area contributed by atoms with E-state index in [1.165, 1.54) is 36.6 Å². The van der Waals surface area contributed by atoms with Crippen LogP contribution in [0.1, 0.15) is 32.6 Å². The van der Waals surface area contributed by atoms with Gasteiger partial charge in [-0.1, -0.05) is 6.42 Å². The lowest BCUT2D eigenvalue weighted by Gasteiger charge is -2.28. The molecule has 104 valence electrons. The maximum atomic E-state index is 11.0. The Labute approximate surface area is 112 Å². The van der Waals surface area contributed by atoms with Gasteiger partial charge in [0, 0.05) is 13.1 Å². The predicted molar refractivity (Wildman–Crippen MR) is 71.9 cm³/mol.